The smallest absolute Gasteiger partial charge is 0.409 e. The Bertz CT molecular complexity index is 580. The number of nitrogens with zero attached hydrogens (tertiary/aromatic N) is 2. The molecule has 0 bridgehead atoms. The van der Waals surface area contributed by atoms with E-state index in [-0.39, 0.29) is 12.1 Å². The van der Waals surface area contributed by atoms with Crippen LogP contribution in [0.1, 0.15) is 5.56 Å². The maximum absolute atomic E-state index is 12.1. The van der Waals surface area contributed by atoms with Gasteiger partial charge in [-0.1, -0.05) is 12.1 Å². The van der Waals surface area contributed by atoms with Crippen LogP contribution in [0.15, 0.2) is 30.5 Å². The van der Waals surface area contributed by atoms with Gasteiger partial charge in [0.25, 0.3) is 0 Å². The highest BCUT2D eigenvalue weighted by Crippen LogP contribution is 2.13. The van der Waals surface area contributed by atoms with E-state index in [4.69, 9.17) is 4.74 Å². The van der Waals surface area contributed by atoms with Crippen LogP contribution in [0.5, 0.6) is 5.75 Å². The molecule has 0 radical (unpaired) electrons. The molecule has 0 aromatic heterocycles. The molecule has 0 aliphatic carbocycles. The number of carbonyl (C=O) groups excluding carboxylic acids is 2. The van der Waals surface area contributed by atoms with Crippen molar-refractivity contribution in [3.8, 4) is 5.75 Å². The Hall–Kier alpha value is -2.70. The van der Waals surface area contributed by atoms with E-state index < -0.39 is 0 Å². The minimum absolute atomic E-state index is 0.186. The fraction of sp³-hybridized carbons (Fsp3) is 0.375. The van der Waals surface area contributed by atoms with E-state index in [0.717, 1.165) is 11.3 Å². The van der Waals surface area contributed by atoms with Gasteiger partial charge < -0.3 is 24.6 Å². The SMILES string of the molecule is COC(=O)N1CCN(C(=O)N/C=C/c2cccc(OC)c2)CC1. The van der Waals surface area contributed by atoms with Crippen molar-refractivity contribution in [2.24, 2.45) is 0 Å². The molecule has 0 unspecified atom stereocenters. The van der Waals surface area contributed by atoms with Gasteiger partial charge in [0.05, 0.1) is 14.2 Å². The Morgan fingerprint density at radius 3 is 2.48 bits per heavy atom. The maximum atomic E-state index is 12.1. The molecule has 23 heavy (non-hydrogen) atoms. The van der Waals surface area contributed by atoms with Crippen molar-refractivity contribution in [2.45, 2.75) is 0 Å². The van der Waals surface area contributed by atoms with Crippen LogP contribution in [0.2, 0.25) is 0 Å². The van der Waals surface area contributed by atoms with E-state index in [1.807, 2.05) is 24.3 Å². The number of benzene rings is 1. The van der Waals surface area contributed by atoms with Crippen LogP contribution in [-0.2, 0) is 4.74 Å². The first-order chi connectivity index (χ1) is 11.1. The third kappa shape index (κ3) is 4.64. The predicted molar refractivity (Wildman–Crippen MR) is 86.1 cm³/mol. The first-order valence-electron chi connectivity index (χ1n) is 7.33. The molecule has 1 heterocycles. The zero-order chi connectivity index (χ0) is 16.7. The monoisotopic (exact) mass is 319 g/mol. The molecule has 124 valence electrons. The standard InChI is InChI=1S/C16H21N3O4/c1-22-14-5-3-4-13(12-14)6-7-17-15(20)18-8-10-19(11-9-18)16(21)23-2/h3-7,12H,8-11H2,1-2H3,(H,17,20)/b7-6+. The molecule has 0 saturated carbocycles. The Kier molecular flexibility index (Phi) is 5.85. The molecule has 1 aromatic rings. The van der Waals surface area contributed by atoms with E-state index in [9.17, 15) is 9.59 Å². The van der Waals surface area contributed by atoms with Gasteiger partial charge >= 0.3 is 12.1 Å². The Morgan fingerprint density at radius 2 is 1.83 bits per heavy atom. The summed E-state index contributed by atoms with van der Waals surface area (Å²) < 4.78 is 9.81. The largest absolute Gasteiger partial charge is 0.497 e. The number of carbonyl (C=O) groups is 2. The molecule has 3 amide bonds. The van der Waals surface area contributed by atoms with Gasteiger partial charge in [0, 0.05) is 32.4 Å². The van der Waals surface area contributed by atoms with Crippen LogP contribution in [0, 0.1) is 0 Å². The van der Waals surface area contributed by atoms with Gasteiger partial charge in [0.1, 0.15) is 5.75 Å². The number of piperazine rings is 1. The zero-order valence-corrected chi connectivity index (χ0v) is 13.3. The highest BCUT2D eigenvalue weighted by molar-refractivity contribution is 5.76. The second kappa shape index (κ2) is 8.07. The Morgan fingerprint density at radius 1 is 1.13 bits per heavy atom. The highest BCUT2D eigenvalue weighted by atomic mass is 16.5. The summed E-state index contributed by atoms with van der Waals surface area (Å²) in [6.45, 7) is 1.90. The Labute approximate surface area is 135 Å². The third-order valence-corrected chi connectivity index (χ3v) is 3.58. The summed E-state index contributed by atoms with van der Waals surface area (Å²) >= 11 is 0. The van der Waals surface area contributed by atoms with Crippen LogP contribution in [0.25, 0.3) is 6.08 Å². The van der Waals surface area contributed by atoms with Crippen molar-refractivity contribution in [3.05, 3.63) is 36.0 Å². The van der Waals surface area contributed by atoms with Crippen molar-refractivity contribution in [3.63, 3.8) is 0 Å². The molecule has 1 aromatic carbocycles. The average molecular weight is 319 g/mol. The fourth-order valence-electron chi connectivity index (χ4n) is 2.27. The van der Waals surface area contributed by atoms with E-state index in [1.165, 1.54) is 7.11 Å². The molecule has 7 nitrogen and oxygen atoms in total. The van der Waals surface area contributed by atoms with Gasteiger partial charge in [-0.3, -0.25) is 0 Å². The fourth-order valence-corrected chi connectivity index (χ4v) is 2.27. The third-order valence-electron chi connectivity index (χ3n) is 3.58. The molecule has 1 N–H and O–H groups in total. The highest BCUT2D eigenvalue weighted by Gasteiger charge is 2.23. The number of ether oxygens (including phenoxy) is 2. The zero-order valence-electron chi connectivity index (χ0n) is 13.3. The summed E-state index contributed by atoms with van der Waals surface area (Å²) in [5, 5.41) is 2.73. The molecule has 1 aliphatic rings. The van der Waals surface area contributed by atoms with Crippen molar-refractivity contribution in [2.75, 3.05) is 40.4 Å². The Balaban J connectivity index is 1.81. The van der Waals surface area contributed by atoms with Gasteiger partial charge in [-0.25, -0.2) is 9.59 Å². The number of methoxy groups -OCH3 is 2. The van der Waals surface area contributed by atoms with Gasteiger partial charge in [0.15, 0.2) is 0 Å². The number of amides is 3. The van der Waals surface area contributed by atoms with Gasteiger partial charge in [-0.15, -0.1) is 0 Å². The summed E-state index contributed by atoms with van der Waals surface area (Å²) in [6, 6.07) is 7.34. The number of nitrogens with one attached hydrogen (secondary N) is 1. The van der Waals surface area contributed by atoms with Gasteiger partial charge in [-0.2, -0.15) is 0 Å². The average Bonchev–Trinajstić information content (AvgIpc) is 2.61. The van der Waals surface area contributed by atoms with Crippen molar-refractivity contribution in [1.82, 2.24) is 15.1 Å². The minimum atomic E-state index is -0.358. The lowest BCUT2D eigenvalue weighted by molar-refractivity contribution is 0.0977. The summed E-state index contributed by atoms with van der Waals surface area (Å²) in [5.41, 5.74) is 0.931. The normalized spacial score (nSPS) is 14.7. The van der Waals surface area contributed by atoms with E-state index in [2.05, 4.69) is 10.1 Å². The predicted octanol–water partition coefficient (Wildman–Crippen LogP) is 1.76. The minimum Gasteiger partial charge on any atom is -0.497 e. The molecule has 2 rings (SSSR count). The van der Waals surface area contributed by atoms with Crippen LogP contribution < -0.4 is 10.1 Å². The summed E-state index contributed by atoms with van der Waals surface area (Å²) in [5.74, 6) is 0.761. The molecule has 7 heteroatoms. The summed E-state index contributed by atoms with van der Waals surface area (Å²) in [7, 11) is 2.96. The quantitative estimate of drug-likeness (QED) is 0.921. The van der Waals surface area contributed by atoms with Crippen molar-refractivity contribution < 1.29 is 19.1 Å². The van der Waals surface area contributed by atoms with E-state index in [1.54, 1.807) is 29.2 Å². The maximum Gasteiger partial charge on any atom is 0.409 e. The lowest BCUT2D eigenvalue weighted by atomic mass is 10.2. The van der Waals surface area contributed by atoms with Crippen molar-refractivity contribution >= 4 is 18.2 Å². The first kappa shape index (κ1) is 16.7. The van der Waals surface area contributed by atoms with Crippen LogP contribution in [-0.4, -0.2) is 62.3 Å². The summed E-state index contributed by atoms with van der Waals surface area (Å²) in [4.78, 5) is 26.7. The lowest BCUT2D eigenvalue weighted by Crippen LogP contribution is -2.52. The second-order valence-corrected chi connectivity index (χ2v) is 5.00. The number of rotatable bonds is 3. The lowest BCUT2D eigenvalue weighted by Gasteiger charge is -2.33. The van der Waals surface area contributed by atoms with Gasteiger partial charge in [-0.05, 0) is 23.8 Å². The van der Waals surface area contributed by atoms with E-state index >= 15 is 0 Å². The summed E-state index contributed by atoms with van der Waals surface area (Å²) in [6.07, 6.45) is 3.04. The number of urea groups is 1. The molecule has 0 spiro atoms. The van der Waals surface area contributed by atoms with Gasteiger partial charge in [0.2, 0.25) is 0 Å². The van der Waals surface area contributed by atoms with Crippen molar-refractivity contribution in [1.29, 1.82) is 0 Å². The molecular weight excluding hydrogens is 298 g/mol. The second-order valence-electron chi connectivity index (χ2n) is 5.00. The van der Waals surface area contributed by atoms with E-state index in [0.29, 0.717) is 26.2 Å². The molecule has 1 saturated heterocycles. The first-order valence-corrected chi connectivity index (χ1v) is 7.33. The molecule has 0 atom stereocenters. The van der Waals surface area contributed by atoms with Crippen LogP contribution in [0.4, 0.5) is 9.59 Å². The van der Waals surface area contributed by atoms with Crippen LogP contribution in [0.3, 0.4) is 0 Å². The topological polar surface area (TPSA) is 71.1 Å². The van der Waals surface area contributed by atoms with Crippen LogP contribution >= 0.6 is 0 Å². The molecule has 1 aliphatic heterocycles. The molecular formula is C16H21N3O4. The number of hydrogen-bond acceptors (Lipinski definition) is 4. The number of hydrogen-bond donors (Lipinski definition) is 1. The molecule has 1 fully saturated rings.